The molecule has 2 aromatic rings. The van der Waals surface area contributed by atoms with E-state index in [0.717, 1.165) is 16.7 Å². The van der Waals surface area contributed by atoms with Gasteiger partial charge in [-0.1, -0.05) is 0 Å². The zero-order valence-electron chi connectivity index (χ0n) is 10.6. The average Bonchev–Trinajstić information content (AvgIpc) is 2.40. The molecule has 1 aromatic carbocycles. The Morgan fingerprint density at radius 3 is 2.95 bits per heavy atom. The van der Waals surface area contributed by atoms with Gasteiger partial charge in [0.25, 0.3) is 0 Å². The molecule has 2 N–H and O–H groups in total. The van der Waals surface area contributed by atoms with E-state index >= 15 is 0 Å². The van der Waals surface area contributed by atoms with Gasteiger partial charge in [-0.15, -0.1) is 0 Å². The van der Waals surface area contributed by atoms with Gasteiger partial charge in [0.05, 0.1) is 0 Å². The molecule has 2 atom stereocenters. The highest BCUT2D eigenvalue weighted by Gasteiger charge is 2.28. The lowest BCUT2D eigenvalue weighted by molar-refractivity contribution is 0.160. The largest absolute Gasteiger partial charge is 0.485 e. The van der Waals surface area contributed by atoms with E-state index in [4.69, 9.17) is 10.5 Å². The summed E-state index contributed by atoms with van der Waals surface area (Å²) in [6.45, 7) is 2.02. The van der Waals surface area contributed by atoms with Crippen LogP contribution >= 0.6 is 0 Å². The van der Waals surface area contributed by atoms with Crippen molar-refractivity contribution in [2.45, 2.75) is 25.5 Å². The van der Waals surface area contributed by atoms with E-state index in [1.165, 1.54) is 12.1 Å². The van der Waals surface area contributed by atoms with Crippen molar-refractivity contribution in [3.05, 3.63) is 59.2 Å². The van der Waals surface area contributed by atoms with Crippen LogP contribution in [0, 0.1) is 12.7 Å². The van der Waals surface area contributed by atoms with E-state index in [1.54, 1.807) is 18.5 Å². The second-order valence-electron chi connectivity index (χ2n) is 4.86. The number of aromatic nitrogens is 1. The Morgan fingerprint density at radius 2 is 2.16 bits per heavy atom. The summed E-state index contributed by atoms with van der Waals surface area (Å²) < 4.78 is 19.2. The number of aryl methyl sites for hydroxylation is 1. The standard InChI is InChI=1S/C15H15FN2O/c1-9-4-5-18-8-12(9)15-7-13(17)11-6-10(16)2-3-14(11)19-15/h2-6,8,13,15H,7,17H2,1H3. The Bertz CT molecular complexity index is 615. The number of ether oxygens (including phenoxy) is 1. The summed E-state index contributed by atoms with van der Waals surface area (Å²) in [5.74, 6) is 0.377. The van der Waals surface area contributed by atoms with Gasteiger partial charge in [0.15, 0.2) is 0 Å². The van der Waals surface area contributed by atoms with E-state index in [2.05, 4.69) is 4.98 Å². The lowest BCUT2D eigenvalue weighted by Gasteiger charge is -2.31. The Labute approximate surface area is 111 Å². The molecule has 19 heavy (non-hydrogen) atoms. The molecule has 98 valence electrons. The van der Waals surface area contributed by atoms with E-state index in [9.17, 15) is 4.39 Å². The summed E-state index contributed by atoms with van der Waals surface area (Å²) in [5, 5.41) is 0. The molecule has 0 saturated heterocycles. The highest BCUT2D eigenvalue weighted by molar-refractivity contribution is 5.40. The van der Waals surface area contributed by atoms with Crippen molar-refractivity contribution < 1.29 is 9.13 Å². The fraction of sp³-hybridized carbons (Fsp3) is 0.267. The molecule has 1 aliphatic heterocycles. The van der Waals surface area contributed by atoms with Crippen LogP contribution in [0.5, 0.6) is 5.75 Å². The Balaban J connectivity index is 1.97. The normalized spacial score (nSPS) is 21.6. The van der Waals surface area contributed by atoms with Crippen molar-refractivity contribution in [3.63, 3.8) is 0 Å². The maximum atomic E-state index is 13.2. The van der Waals surface area contributed by atoms with Gasteiger partial charge in [0.1, 0.15) is 17.7 Å². The van der Waals surface area contributed by atoms with Crippen molar-refractivity contribution in [1.29, 1.82) is 0 Å². The number of fused-ring (bicyclic) bond motifs is 1. The van der Waals surface area contributed by atoms with Crippen LogP contribution in [0.2, 0.25) is 0 Å². The first-order valence-corrected chi connectivity index (χ1v) is 6.27. The molecule has 0 amide bonds. The lowest BCUT2D eigenvalue weighted by atomic mass is 9.92. The Hall–Kier alpha value is -1.94. The van der Waals surface area contributed by atoms with Gasteiger partial charge in [-0.05, 0) is 36.8 Å². The van der Waals surface area contributed by atoms with Crippen LogP contribution in [-0.4, -0.2) is 4.98 Å². The maximum absolute atomic E-state index is 13.2. The summed E-state index contributed by atoms with van der Waals surface area (Å²) in [4.78, 5) is 4.14. The van der Waals surface area contributed by atoms with E-state index in [0.29, 0.717) is 12.2 Å². The molecule has 2 unspecified atom stereocenters. The van der Waals surface area contributed by atoms with Crippen molar-refractivity contribution >= 4 is 0 Å². The molecule has 1 aliphatic rings. The van der Waals surface area contributed by atoms with Crippen molar-refractivity contribution in [3.8, 4) is 5.75 Å². The van der Waals surface area contributed by atoms with Gasteiger partial charge >= 0.3 is 0 Å². The number of halogens is 1. The third kappa shape index (κ3) is 2.19. The van der Waals surface area contributed by atoms with Crippen LogP contribution in [0.1, 0.15) is 35.3 Å². The monoisotopic (exact) mass is 258 g/mol. The number of rotatable bonds is 1. The van der Waals surface area contributed by atoms with Gasteiger partial charge in [-0.2, -0.15) is 0 Å². The van der Waals surface area contributed by atoms with Crippen molar-refractivity contribution in [1.82, 2.24) is 4.98 Å². The minimum atomic E-state index is -0.284. The molecule has 4 heteroatoms. The van der Waals surface area contributed by atoms with Crippen molar-refractivity contribution in [2.75, 3.05) is 0 Å². The fourth-order valence-electron chi connectivity index (χ4n) is 2.48. The molecule has 0 saturated carbocycles. The second-order valence-corrected chi connectivity index (χ2v) is 4.86. The average molecular weight is 258 g/mol. The Morgan fingerprint density at radius 1 is 1.32 bits per heavy atom. The minimum Gasteiger partial charge on any atom is -0.485 e. The van der Waals surface area contributed by atoms with Gasteiger partial charge in [-0.25, -0.2) is 4.39 Å². The first-order chi connectivity index (χ1) is 9.15. The minimum absolute atomic E-state index is 0.123. The topological polar surface area (TPSA) is 48.1 Å². The van der Waals surface area contributed by atoms with Crippen LogP contribution in [0.15, 0.2) is 36.7 Å². The molecule has 0 radical (unpaired) electrons. The van der Waals surface area contributed by atoms with Crippen LogP contribution in [-0.2, 0) is 0 Å². The number of hydrogen-bond acceptors (Lipinski definition) is 3. The molecule has 0 spiro atoms. The van der Waals surface area contributed by atoms with Crippen LogP contribution < -0.4 is 10.5 Å². The molecule has 0 fully saturated rings. The molecule has 2 heterocycles. The zero-order chi connectivity index (χ0) is 13.4. The predicted molar refractivity (Wildman–Crippen MR) is 70.3 cm³/mol. The van der Waals surface area contributed by atoms with Crippen LogP contribution in [0.4, 0.5) is 4.39 Å². The molecular weight excluding hydrogens is 243 g/mol. The number of nitrogens with two attached hydrogens (primary N) is 1. The lowest BCUT2D eigenvalue weighted by Crippen LogP contribution is -2.24. The molecule has 1 aromatic heterocycles. The highest BCUT2D eigenvalue weighted by atomic mass is 19.1. The number of nitrogens with zero attached hydrogens (tertiary/aromatic N) is 1. The molecule has 0 bridgehead atoms. The molecule has 3 rings (SSSR count). The zero-order valence-corrected chi connectivity index (χ0v) is 10.6. The maximum Gasteiger partial charge on any atom is 0.127 e. The molecular formula is C15H15FN2O. The highest BCUT2D eigenvalue weighted by Crippen LogP contribution is 2.40. The van der Waals surface area contributed by atoms with E-state index in [1.807, 2.05) is 13.0 Å². The van der Waals surface area contributed by atoms with Gasteiger partial charge in [-0.3, -0.25) is 4.98 Å². The fourth-order valence-corrected chi connectivity index (χ4v) is 2.48. The summed E-state index contributed by atoms with van der Waals surface area (Å²) in [5.41, 5.74) is 9.02. The number of pyridine rings is 1. The summed E-state index contributed by atoms with van der Waals surface area (Å²) in [6.07, 6.45) is 4.07. The first-order valence-electron chi connectivity index (χ1n) is 6.27. The third-order valence-electron chi connectivity index (χ3n) is 3.53. The first kappa shape index (κ1) is 12.1. The van der Waals surface area contributed by atoms with Gasteiger partial charge in [0.2, 0.25) is 0 Å². The van der Waals surface area contributed by atoms with Crippen LogP contribution in [0.3, 0.4) is 0 Å². The SMILES string of the molecule is Cc1ccncc1C1CC(N)c2cc(F)ccc2O1. The molecule has 3 nitrogen and oxygen atoms in total. The van der Waals surface area contributed by atoms with Crippen LogP contribution in [0.25, 0.3) is 0 Å². The molecule has 0 aliphatic carbocycles. The summed E-state index contributed by atoms with van der Waals surface area (Å²) >= 11 is 0. The predicted octanol–water partition coefficient (Wildman–Crippen LogP) is 3.05. The van der Waals surface area contributed by atoms with E-state index < -0.39 is 0 Å². The summed E-state index contributed by atoms with van der Waals surface area (Å²) in [7, 11) is 0. The number of benzene rings is 1. The Kier molecular flexibility index (Phi) is 2.95. The van der Waals surface area contributed by atoms with Gasteiger partial charge < -0.3 is 10.5 Å². The third-order valence-corrected chi connectivity index (χ3v) is 3.53. The van der Waals surface area contributed by atoms with Gasteiger partial charge in [0, 0.05) is 36.0 Å². The summed E-state index contributed by atoms with van der Waals surface area (Å²) in [6, 6.07) is 6.22. The quantitative estimate of drug-likeness (QED) is 0.855. The smallest absolute Gasteiger partial charge is 0.127 e. The van der Waals surface area contributed by atoms with Crippen molar-refractivity contribution in [2.24, 2.45) is 5.73 Å². The van der Waals surface area contributed by atoms with E-state index in [-0.39, 0.29) is 18.0 Å². The second kappa shape index (κ2) is 4.63. The number of hydrogen-bond donors (Lipinski definition) is 1.